The van der Waals surface area contributed by atoms with Gasteiger partial charge in [-0.3, -0.25) is 9.59 Å². The number of nitrogens with one attached hydrogen (secondary N) is 3. The first kappa shape index (κ1) is 13.6. The largest absolute Gasteiger partial charge is 0.361 e. The van der Waals surface area contributed by atoms with Gasteiger partial charge in [0, 0.05) is 39.8 Å². The number of carbonyl (C=O) groups is 2. The number of rotatable bonds is 0. The monoisotopic (exact) mass is 337 g/mol. The first-order valence-electron chi connectivity index (χ1n) is 7.61. The SMILES string of the molecule is O=C1CC2(C(=O)Nc3cc(Cl)ccc32)c2c[nH]c3cccc(c23)N1. The van der Waals surface area contributed by atoms with Crippen LogP contribution in [0.1, 0.15) is 17.5 Å². The van der Waals surface area contributed by atoms with Crippen molar-refractivity contribution in [2.45, 2.75) is 11.8 Å². The van der Waals surface area contributed by atoms with Crippen LogP contribution in [0.4, 0.5) is 11.4 Å². The molecule has 3 heterocycles. The highest BCUT2D eigenvalue weighted by atomic mass is 35.5. The van der Waals surface area contributed by atoms with Crippen molar-refractivity contribution in [3.05, 3.63) is 58.7 Å². The van der Waals surface area contributed by atoms with Crippen molar-refractivity contribution in [1.29, 1.82) is 0 Å². The van der Waals surface area contributed by atoms with Crippen LogP contribution in [0, 0.1) is 0 Å². The molecule has 0 aliphatic carbocycles. The Morgan fingerprint density at radius 2 is 1.88 bits per heavy atom. The third-order valence-electron chi connectivity index (χ3n) is 4.94. The Balaban J connectivity index is 1.91. The van der Waals surface area contributed by atoms with Gasteiger partial charge in [0.25, 0.3) is 0 Å². The van der Waals surface area contributed by atoms with Crippen LogP contribution in [-0.4, -0.2) is 16.8 Å². The quantitative estimate of drug-likeness (QED) is 0.588. The van der Waals surface area contributed by atoms with Crippen LogP contribution in [0.15, 0.2) is 42.6 Å². The first-order chi connectivity index (χ1) is 11.6. The second-order valence-electron chi connectivity index (χ2n) is 6.20. The van der Waals surface area contributed by atoms with Crippen LogP contribution in [-0.2, 0) is 15.0 Å². The predicted molar refractivity (Wildman–Crippen MR) is 92.4 cm³/mol. The number of H-pyrrole nitrogens is 1. The summed E-state index contributed by atoms with van der Waals surface area (Å²) < 4.78 is 0. The molecule has 1 spiro atoms. The van der Waals surface area contributed by atoms with Crippen molar-refractivity contribution >= 4 is 45.7 Å². The van der Waals surface area contributed by atoms with Gasteiger partial charge in [0.15, 0.2) is 0 Å². The summed E-state index contributed by atoms with van der Waals surface area (Å²) in [6.45, 7) is 0. The summed E-state index contributed by atoms with van der Waals surface area (Å²) in [7, 11) is 0. The zero-order chi connectivity index (χ0) is 16.5. The van der Waals surface area contributed by atoms with E-state index in [0.717, 1.165) is 27.7 Å². The van der Waals surface area contributed by atoms with Crippen LogP contribution in [0.5, 0.6) is 0 Å². The third kappa shape index (κ3) is 1.55. The summed E-state index contributed by atoms with van der Waals surface area (Å²) >= 11 is 6.06. The smallest absolute Gasteiger partial charge is 0.240 e. The summed E-state index contributed by atoms with van der Waals surface area (Å²) in [5, 5.41) is 7.24. The lowest BCUT2D eigenvalue weighted by atomic mass is 9.73. The lowest BCUT2D eigenvalue weighted by Crippen LogP contribution is -2.38. The molecule has 2 aliphatic rings. The molecule has 2 amide bonds. The minimum Gasteiger partial charge on any atom is -0.361 e. The fraction of sp³-hybridized carbons (Fsp3) is 0.111. The molecule has 1 aromatic heterocycles. The molecule has 24 heavy (non-hydrogen) atoms. The van der Waals surface area contributed by atoms with E-state index in [-0.39, 0.29) is 18.2 Å². The molecule has 0 saturated carbocycles. The molecule has 0 bridgehead atoms. The number of fused-ring (bicyclic) bond motifs is 3. The molecule has 118 valence electrons. The van der Waals surface area contributed by atoms with E-state index in [2.05, 4.69) is 15.6 Å². The lowest BCUT2D eigenvalue weighted by molar-refractivity contribution is -0.124. The standard InChI is InChI=1S/C18H12ClN3O2/c19-9-4-5-10-14(6-9)22-17(24)18(10)7-15(23)21-13-3-1-2-12-16(13)11(18)8-20-12/h1-6,8,20H,7H2,(H,21,23)(H,22,24). The Hall–Kier alpha value is -2.79. The minimum atomic E-state index is -1.05. The Bertz CT molecular complexity index is 1060. The number of carbonyl (C=O) groups excluding carboxylic acids is 2. The highest BCUT2D eigenvalue weighted by Gasteiger charge is 2.52. The van der Waals surface area contributed by atoms with Crippen molar-refractivity contribution in [3.63, 3.8) is 0 Å². The Morgan fingerprint density at radius 1 is 1.00 bits per heavy atom. The van der Waals surface area contributed by atoms with Crippen LogP contribution < -0.4 is 10.6 Å². The summed E-state index contributed by atoms with van der Waals surface area (Å²) in [6, 6.07) is 11.0. The number of hydrogen-bond donors (Lipinski definition) is 3. The molecule has 5 nitrogen and oxygen atoms in total. The Morgan fingerprint density at radius 3 is 2.75 bits per heavy atom. The maximum Gasteiger partial charge on any atom is 0.240 e. The van der Waals surface area contributed by atoms with Crippen molar-refractivity contribution in [2.75, 3.05) is 10.6 Å². The average Bonchev–Trinajstić information content (AvgIpc) is 3.04. The first-order valence-corrected chi connectivity index (χ1v) is 7.99. The molecule has 1 atom stereocenters. The van der Waals surface area contributed by atoms with Gasteiger partial charge >= 0.3 is 0 Å². The molecule has 3 N–H and O–H groups in total. The molecule has 3 aromatic rings. The normalized spacial score (nSPS) is 21.5. The Kier molecular flexibility index (Phi) is 2.49. The molecule has 2 aromatic carbocycles. The molecular formula is C18H12ClN3O2. The Labute approximate surface area is 142 Å². The summed E-state index contributed by atoms with van der Waals surface area (Å²) in [4.78, 5) is 28.8. The van der Waals surface area contributed by atoms with Crippen LogP contribution >= 0.6 is 11.6 Å². The third-order valence-corrected chi connectivity index (χ3v) is 5.18. The molecule has 0 radical (unpaired) electrons. The number of benzene rings is 2. The maximum absolute atomic E-state index is 13.0. The summed E-state index contributed by atoms with van der Waals surface area (Å²) in [5.41, 5.74) is 2.82. The van der Waals surface area contributed by atoms with E-state index in [1.807, 2.05) is 30.5 Å². The van der Waals surface area contributed by atoms with Crippen LogP contribution in [0.2, 0.25) is 5.02 Å². The van der Waals surface area contributed by atoms with Gasteiger partial charge < -0.3 is 15.6 Å². The lowest BCUT2D eigenvalue weighted by Gasteiger charge is -2.25. The molecule has 2 aliphatic heterocycles. The van der Waals surface area contributed by atoms with Gasteiger partial charge in [0.1, 0.15) is 5.41 Å². The highest BCUT2D eigenvalue weighted by Crippen LogP contribution is 2.50. The molecule has 0 saturated heterocycles. The van der Waals surface area contributed by atoms with Gasteiger partial charge in [-0.05, 0) is 29.8 Å². The van der Waals surface area contributed by atoms with Crippen molar-refractivity contribution < 1.29 is 9.59 Å². The van der Waals surface area contributed by atoms with Gasteiger partial charge in [0.2, 0.25) is 11.8 Å². The van der Waals surface area contributed by atoms with Gasteiger partial charge in [-0.1, -0.05) is 23.7 Å². The van der Waals surface area contributed by atoms with E-state index in [1.165, 1.54) is 0 Å². The number of aromatic nitrogens is 1. The number of amides is 2. The maximum atomic E-state index is 13.0. The van der Waals surface area contributed by atoms with Gasteiger partial charge in [-0.2, -0.15) is 0 Å². The molecule has 1 unspecified atom stereocenters. The summed E-state index contributed by atoms with van der Waals surface area (Å²) in [6.07, 6.45) is 1.88. The molecule has 5 rings (SSSR count). The fourth-order valence-electron chi connectivity index (χ4n) is 3.94. The van der Waals surface area contributed by atoms with Crippen LogP contribution in [0.3, 0.4) is 0 Å². The van der Waals surface area contributed by atoms with Crippen LogP contribution in [0.25, 0.3) is 10.9 Å². The fourth-order valence-corrected chi connectivity index (χ4v) is 4.11. The van der Waals surface area contributed by atoms with E-state index in [9.17, 15) is 9.59 Å². The average molecular weight is 338 g/mol. The van der Waals surface area contributed by atoms with E-state index >= 15 is 0 Å². The van der Waals surface area contributed by atoms with E-state index < -0.39 is 5.41 Å². The zero-order valence-electron chi connectivity index (χ0n) is 12.4. The van der Waals surface area contributed by atoms with E-state index in [1.54, 1.807) is 12.1 Å². The second-order valence-corrected chi connectivity index (χ2v) is 6.64. The number of aromatic amines is 1. The van der Waals surface area contributed by atoms with Gasteiger partial charge in [0.05, 0.1) is 5.69 Å². The van der Waals surface area contributed by atoms with Crippen molar-refractivity contribution in [3.8, 4) is 0 Å². The molecule has 6 heteroatoms. The topological polar surface area (TPSA) is 74.0 Å². The highest BCUT2D eigenvalue weighted by molar-refractivity contribution is 6.31. The van der Waals surface area contributed by atoms with E-state index in [0.29, 0.717) is 10.7 Å². The molecule has 0 fully saturated rings. The number of anilines is 2. The second kappa shape index (κ2) is 4.39. The van der Waals surface area contributed by atoms with Gasteiger partial charge in [-0.25, -0.2) is 0 Å². The van der Waals surface area contributed by atoms with Crippen molar-refractivity contribution in [2.24, 2.45) is 0 Å². The van der Waals surface area contributed by atoms with Gasteiger partial charge in [-0.15, -0.1) is 0 Å². The van der Waals surface area contributed by atoms with E-state index in [4.69, 9.17) is 11.6 Å². The number of halogens is 1. The van der Waals surface area contributed by atoms with Crippen molar-refractivity contribution in [1.82, 2.24) is 4.98 Å². The predicted octanol–water partition coefficient (Wildman–Crippen LogP) is 3.40. The minimum absolute atomic E-state index is 0.0507. The zero-order valence-corrected chi connectivity index (χ0v) is 13.2. The number of hydrogen-bond acceptors (Lipinski definition) is 2. The molecular weight excluding hydrogens is 326 g/mol. The summed E-state index contributed by atoms with van der Waals surface area (Å²) in [5.74, 6) is -0.385.